The topological polar surface area (TPSA) is 84.7 Å². The van der Waals surface area contributed by atoms with Crippen molar-refractivity contribution in [3.05, 3.63) is 58.1 Å². The average molecular weight is 355 g/mol. The highest BCUT2D eigenvalue weighted by atomic mass is 16.6. The summed E-state index contributed by atoms with van der Waals surface area (Å²) in [5.74, 6) is 0.0304. The fraction of sp³-hybridized carbons (Fsp3) is 0.316. The maximum absolute atomic E-state index is 12.5. The van der Waals surface area contributed by atoms with Gasteiger partial charge in [0.1, 0.15) is 5.75 Å². The minimum Gasteiger partial charge on any atom is -0.495 e. The molecule has 7 heteroatoms. The number of amides is 1. The van der Waals surface area contributed by atoms with Crippen LogP contribution in [0.1, 0.15) is 29.6 Å². The van der Waals surface area contributed by atoms with Crippen molar-refractivity contribution in [2.75, 3.05) is 30.4 Å². The molecule has 1 amide bonds. The van der Waals surface area contributed by atoms with Crippen molar-refractivity contribution in [1.82, 2.24) is 0 Å². The van der Waals surface area contributed by atoms with Crippen molar-refractivity contribution >= 4 is 23.0 Å². The van der Waals surface area contributed by atoms with Crippen molar-refractivity contribution < 1.29 is 14.5 Å². The molecule has 0 spiro atoms. The highest BCUT2D eigenvalue weighted by Gasteiger charge is 2.16. The molecule has 1 fully saturated rings. The third-order valence-electron chi connectivity index (χ3n) is 4.49. The van der Waals surface area contributed by atoms with Crippen molar-refractivity contribution in [3.63, 3.8) is 0 Å². The number of ether oxygens (including phenoxy) is 1. The van der Waals surface area contributed by atoms with Gasteiger partial charge in [0.25, 0.3) is 11.6 Å². The number of nitrogens with zero attached hydrogens (tertiary/aromatic N) is 2. The Bertz CT molecular complexity index is 799. The van der Waals surface area contributed by atoms with Crippen LogP contribution in [0.15, 0.2) is 42.5 Å². The third-order valence-corrected chi connectivity index (χ3v) is 4.49. The molecule has 0 radical (unpaired) electrons. The highest BCUT2D eigenvalue weighted by molar-refractivity contribution is 6.05. The van der Waals surface area contributed by atoms with Gasteiger partial charge >= 0.3 is 0 Å². The van der Waals surface area contributed by atoms with E-state index in [0.29, 0.717) is 11.3 Å². The maximum atomic E-state index is 12.5. The standard InChI is InChI=1S/C19H21N3O4/c1-26-18-10-9-16(22(24)25)13-17(18)20-19(23)14-5-7-15(8-6-14)21-11-3-2-4-12-21/h5-10,13H,2-4,11-12H2,1H3,(H,20,23). The molecule has 1 aliphatic heterocycles. The van der Waals surface area contributed by atoms with E-state index in [-0.39, 0.29) is 17.3 Å². The van der Waals surface area contributed by atoms with Crippen molar-refractivity contribution in [1.29, 1.82) is 0 Å². The normalized spacial score (nSPS) is 14.0. The van der Waals surface area contributed by atoms with Crippen LogP contribution < -0.4 is 15.0 Å². The quantitative estimate of drug-likeness (QED) is 0.650. The van der Waals surface area contributed by atoms with E-state index in [1.807, 2.05) is 12.1 Å². The number of carbonyl (C=O) groups is 1. The van der Waals surface area contributed by atoms with Gasteiger partial charge in [0.15, 0.2) is 0 Å². The number of non-ortho nitro benzene ring substituents is 1. The zero-order chi connectivity index (χ0) is 18.5. The van der Waals surface area contributed by atoms with E-state index in [2.05, 4.69) is 10.2 Å². The van der Waals surface area contributed by atoms with Crippen LogP contribution in [0.2, 0.25) is 0 Å². The first-order chi connectivity index (χ1) is 12.6. The molecule has 1 N–H and O–H groups in total. The first-order valence-electron chi connectivity index (χ1n) is 8.57. The molecule has 0 aromatic heterocycles. The number of piperidine rings is 1. The van der Waals surface area contributed by atoms with Gasteiger partial charge < -0.3 is 15.0 Å². The Morgan fingerprint density at radius 2 is 1.81 bits per heavy atom. The summed E-state index contributed by atoms with van der Waals surface area (Å²) in [4.78, 5) is 25.2. The van der Waals surface area contributed by atoms with Gasteiger partial charge in [-0.1, -0.05) is 0 Å². The van der Waals surface area contributed by atoms with E-state index in [1.165, 1.54) is 44.6 Å². The summed E-state index contributed by atoms with van der Waals surface area (Å²) in [7, 11) is 1.45. The van der Waals surface area contributed by atoms with Gasteiger partial charge in [-0.25, -0.2) is 0 Å². The molecule has 7 nitrogen and oxygen atoms in total. The van der Waals surface area contributed by atoms with E-state index in [4.69, 9.17) is 4.74 Å². The number of carbonyl (C=O) groups excluding carboxylic acids is 1. The molecule has 1 aliphatic rings. The number of anilines is 2. The van der Waals surface area contributed by atoms with Gasteiger partial charge in [-0.3, -0.25) is 14.9 Å². The van der Waals surface area contributed by atoms with Crippen LogP contribution in [0.25, 0.3) is 0 Å². The molecule has 3 rings (SSSR count). The Morgan fingerprint density at radius 1 is 1.12 bits per heavy atom. The Morgan fingerprint density at radius 3 is 2.42 bits per heavy atom. The van der Waals surface area contributed by atoms with Crippen LogP contribution in [-0.2, 0) is 0 Å². The van der Waals surface area contributed by atoms with Gasteiger partial charge in [-0.05, 0) is 49.6 Å². The molecule has 0 saturated carbocycles. The molecular formula is C19H21N3O4. The van der Waals surface area contributed by atoms with Gasteiger partial charge in [-0.15, -0.1) is 0 Å². The molecule has 136 valence electrons. The van der Waals surface area contributed by atoms with Crippen LogP contribution in [0, 0.1) is 10.1 Å². The second-order valence-electron chi connectivity index (χ2n) is 6.19. The molecule has 0 atom stereocenters. The van der Waals surface area contributed by atoms with Gasteiger partial charge in [0, 0.05) is 36.5 Å². The smallest absolute Gasteiger partial charge is 0.271 e. The van der Waals surface area contributed by atoms with Crippen molar-refractivity contribution in [3.8, 4) is 5.75 Å². The van der Waals surface area contributed by atoms with Gasteiger partial charge in [-0.2, -0.15) is 0 Å². The third kappa shape index (κ3) is 3.93. The summed E-state index contributed by atoms with van der Waals surface area (Å²) in [6, 6.07) is 11.5. The number of methoxy groups -OCH3 is 1. The molecule has 0 bridgehead atoms. The second-order valence-corrected chi connectivity index (χ2v) is 6.19. The summed E-state index contributed by atoms with van der Waals surface area (Å²) < 4.78 is 5.17. The van der Waals surface area contributed by atoms with E-state index in [1.54, 1.807) is 12.1 Å². The minimum absolute atomic E-state index is 0.110. The van der Waals surface area contributed by atoms with Crippen LogP contribution in [-0.4, -0.2) is 31.0 Å². The van der Waals surface area contributed by atoms with E-state index >= 15 is 0 Å². The van der Waals surface area contributed by atoms with E-state index in [0.717, 1.165) is 18.8 Å². The molecular weight excluding hydrogens is 334 g/mol. The molecule has 0 unspecified atom stereocenters. The van der Waals surface area contributed by atoms with Crippen molar-refractivity contribution in [2.45, 2.75) is 19.3 Å². The summed E-state index contributed by atoms with van der Waals surface area (Å²) in [6.07, 6.45) is 3.64. The lowest BCUT2D eigenvalue weighted by molar-refractivity contribution is -0.384. The number of nitro benzene ring substituents is 1. The number of nitro groups is 1. The van der Waals surface area contributed by atoms with Crippen LogP contribution in [0.4, 0.5) is 17.1 Å². The highest BCUT2D eigenvalue weighted by Crippen LogP contribution is 2.29. The Kier molecular flexibility index (Phi) is 5.36. The lowest BCUT2D eigenvalue weighted by Gasteiger charge is -2.28. The molecule has 2 aromatic carbocycles. The molecule has 1 heterocycles. The number of rotatable bonds is 5. The van der Waals surface area contributed by atoms with Gasteiger partial charge in [0.2, 0.25) is 0 Å². The zero-order valence-electron chi connectivity index (χ0n) is 14.6. The van der Waals surface area contributed by atoms with Gasteiger partial charge in [0.05, 0.1) is 17.7 Å². The number of hydrogen-bond donors (Lipinski definition) is 1. The largest absolute Gasteiger partial charge is 0.495 e. The first-order valence-corrected chi connectivity index (χ1v) is 8.57. The minimum atomic E-state index is -0.511. The SMILES string of the molecule is COc1ccc([N+](=O)[O-])cc1NC(=O)c1ccc(N2CCCCC2)cc1. The summed E-state index contributed by atoms with van der Waals surface area (Å²) in [6.45, 7) is 2.08. The lowest BCUT2D eigenvalue weighted by atomic mass is 10.1. The van der Waals surface area contributed by atoms with Crippen LogP contribution >= 0.6 is 0 Å². The van der Waals surface area contributed by atoms with E-state index in [9.17, 15) is 14.9 Å². The fourth-order valence-corrected chi connectivity index (χ4v) is 3.08. The molecule has 26 heavy (non-hydrogen) atoms. The number of benzene rings is 2. The maximum Gasteiger partial charge on any atom is 0.271 e. The first kappa shape index (κ1) is 17.7. The molecule has 2 aromatic rings. The Balaban J connectivity index is 1.75. The number of hydrogen-bond acceptors (Lipinski definition) is 5. The Hall–Kier alpha value is -3.09. The summed E-state index contributed by atoms with van der Waals surface area (Å²) in [5, 5.41) is 13.6. The second kappa shape index (κ2) is 7.86. The fourth-order valence-electron chi connectivity index (χ4n) is 3.08. The molecule has 0 aliphatic carbocycles. The lowest BCUT2D eigenvalue weighted by Crippen LogP contribution is -2.29. The monoisotopic (exact) mass is 355 g/mol. The van der Waals surface area contributed by atoms with E-state index < -0.39 is 4.92 Å². The zero-order valence-corrected chi connectivity index (χ0v) is 14.6. The summed E-state index contributed by atoms with van der Waals surface area (Å²) in [5.41, 5.74) is 1.75. The van der Waals surface area contributed by atoms with Crippen LogP contribution in [0.3, 0.4) is 0 Å². The Labute approximate surface area is 151 Å². The molecule has 1 saturated heterocycles. The van der Waals surface area contributed by atoms with Crippen molar-refractivity contribution in [2.24, 2.45) is 0 Å². The van der Waals surface area contributed by atoms with Crippen LogP contribution in [0.5, 0.6) is 5.75 Å². The summed E-state index contributed by atoms with van der Waals surface area (Å²) >= 11 is 0. The average Bonchev–Trinajstić information content (AvgIpc) is 2.68. The predicted octanol–water partition coefficient (Wildman–Crippen LogP) is 3.85. The predicted molar refractivity (Wildman–Crippen MR) is 100 cm³/mol. The number of nitrogens with one attached hydrogen (secondary N) is 1.